The molecule has 1 saturated heterocycles. The molecule has 1 fully saturated rings. The zero-order valence-electron chi connectivity index (χ0n) is 16.1. The van der Waals surface area contributed by atoms with Gasteiger partial charge in [-0.3, -0.25) is 4.79 Å². The molecule has 27 heavy (non-hydrogen) atoms. The Morgan fingerprint density at radius 3 is 2.33 bits per heavy atom. The van der Waals surface area contributed by atoms with Crippen LogP contribution in [0.25, 0.3) is 16.7 Å². The standard InChI is InChI=1S/C23H25NO3/c1-14-4-7-17(8-5-14)18-9-6-15(2)19(16(18)3)20-21(25)23(24-22(20)26)10-12-27-13-11-23/h4-9,25H,10-13H2,1-3H3,(H,24,26). The second-order valence-electron chi connectivity index (χ2n) is 7.67. The predicted octanol–water partition coefficient (Wildman–Crippen LogP) is 4.23. The molecule has 2 aliphatic heterocycles. The summed E-state index contributed by atoms with van der Waals surface area (Å²) in [4.78, 5) is 12.9. The topological polar surface area (TPSA) is 58.6 Å². The molecule has 2 aromatic carbocycles. The molecule has 0 aliphatic carbocycles. The first-order chi connectivity index (χ1) is 12.9. The lowest BCUT2D eigenvalue weighted by Crippen LogP contribution is -2.48. The van der Waals surface area contributed by atoms with E-state index in [9.17, 15) is 9.90 Å². The van der Waals surface area contributed by atoms with Crippen molar-refractivity contribution in [1.82, 2.24) is 5.32 Å². The molecule has 2 N–H and O–H groups in total. The first-order valence-corrected chi connectivity index (χ1v) is 9.44. The zero-order valence-corrected chi connectivity index (χ0v) is 16.1. The van der Waals surface area contributed by atoms with E-state index in [1.165, 1.54) is 5.56 Å². The third kappa shape index (κ3) is 2.85. The highest BCUT2D eigenvalue weighted by molar-refractivity contribution is 6.24. The lowest BCUT2D eigenvalue weighted by Gasteiger charge is -2.33. The van der Waals surface area contributed by atoms with Crippen molar-refractivity contribution in [3.63, 3.8) is 0 Å². The Morgan fingerprint density at radius 2 is 1.67 bits per heavy atom. The van der Waals surface area contributed by atoms with Crippen LogP contribution in [-0.4, -0.2) is 29.8 Å². The molecular weight excluding hydrogens is 338 g/mol. The molecule has 1 spiro atoms. The van der Waals surface area contributed by atoms with E-state index in [1.807, 2.05) is 19.9 Å². The van der Waals surface area contributed by atoms with Gasteiger partial charge in [0.05, 0.1) is 5.57 Å². The molecule has 4 heteroatoms. The van der Waals surface area contributed by atoms with Gasteiger partial charge in [-0.15, -0.1) is 0 Å². The van der Waals surface area contributed by atoms with Crippen LogP contribution in [-0.2, 0) is 9.53 Å². The summed E-state index contributed by atoms with van der Waals surface area (Å²) in [5.74, 6) is -0.0234. The zero-order chi connectivity index (χ0) is 19.2. The highest BCUT2D eigenvalue weighted by atomic mass is 16.5. The molecule has 2 aliphatic rings. The van der Waals surface area contributed by atoms with Crippen molar-refractivity contribution in [3.8, 4) is 11.1 Å². The molecule has 0 saturated carbocycles. The van der Waals surface area contributed by atoms with Gasteiger partial charge in [0, 0.05) is 26.1 Å². The van der Waals surface area contributed by atoms with E-state index in [-0.39, 0.29) is 11.7 Å². The van der Waals surface area contributed by atoms with Crippen LogP contribution < -0.4 is 5.32 Å². The second kappa shape index (κ2) is 6.54. The molecule has 0 aromatic heterocycles. The molecule has 1 amide bonds. The number of benzene rings is 2. The first-order valence-electron chi connectivity index (χ1n) is 9.44. The Hall–Kier alpha value is -2.59. The van der Waals surface area contributed by atoms with E-state index in [2.05, 4.69) is 42.6 Å². The largest absolute Gasteiger partial charge is 0.509 e. The van der Waals surface area contributed by atoms with Crippen molar-refractivity contribution in [2.75, 3.05) is 13.2 Å². The van der Waals surface area contributed by atoms with Crippen molar-refractivity contribution in [2.24, 2.45) is 0 Å². The minimum Gasteiger partial charge on any atom is -0.509 e. The number of hydrogen-bond acceptors (Lipinski definition) is 3. The molecule has 2 aromatic rings. The van der Waals surface area contributed by atoms with Gasteiger partial charge in [0.2, 0.25) is 0 Å². The van der Waals surface area contributed by atoms with Crippen molar-refractivity contribution in [2.45, 2.75) is 39.2 Å². The molecule has 0 unspecified atom stereocenters. The lowest BCUT2D eigenvalue weighted by molar-refractivity contribution is -0.117. The van der Waals surface area contributed by atoms with Gasteiger partial charge < -0.3 is 15.2 Å². The third-order valence-corrected chi connectivity index (χ3v) is 5.90. The number of amides is 1. The monoisotopic (exact) mass is 363 g/mol. The maximum absolute atomic E-state index is 12.9. The summed E-state index contributed by atoms with van der Waals surface area (Å²) >= 11 is 0. The third-order valence-electron chi connectivity index (χ3n) is 5.90. The fourth-order valence-corrected chi connectivity index (χ4v) is 4.28. The number of carbonyl (C=O) groups excluding carboxylic acids is 1. The minimum absolute atomic E-state index is 0.169. The summed E-state index contributed by atoms with van der Waals surface area (Å²) < 4.78 is 5.43. The van der Waals surface area contributed by atoms with Gasteiger partial charge in [0.1, 0.15) is 11.3 Å². The average Bonchev–Trinajstić information content (AvgIpc) is 2.88. The summed E-state index contributed by atoms with van der Waals surface area (Å²) in [5.41, 5.74) is 5.98. The summed E-state index contributed by atoms with van der Waals surface area (Å²) in [6.45, 7) is 7.16. The van der Waals surface area contributed by atoms with Crippen LogP contribution in [0, 0.1) is 20.8 Å². The molecule has 0 atom stereocenters. The molecule has 4 nitrogen and oxygen atoms in total. The highest BCUT2D eigenvalue weighted by Crippen LogP contribution is 2.41. The van der Waals surface area contributed by atoms with Gasteiger partial charge in [-0.1, -0.05) is 42.0 Å². The maximum atomic E-state index is 12.9. The van der Waals surface area contributed by atoms with E-state index < -0.39 is 5.54 Å². The average molecular weight is 363 g/mol. The number of hydrogen-bond donors (Lipinski definition) is 2. The number of ether oxygens (including phenoxy) is 1. The quantitative estimate of drug-likeness (QED) is 0.840. The highest BCUT2D eigenvalue weighted by Gasteiger charge is 2.47. The van der Waals surface area contributed by atoms with Crippen LogP contribution in [0.2, 0.25) is 0 Å². The number of aliphatic hydroxyl groups is 1. The fourth-order valence-electron chi connectivity index (χ4n) is 4.28. The Labute approximate surface area is 159 Å². The maximum Gasteiger partial charge on any atom is 0.256 e. The van der Waals surface area contributed by atoms with Gasteiger partial charge in [-0.05, 0) is 48.6 Å². The van der Waals surface area contributed by atoms with Crippen LogP contribution in [0.3, 0.4) is 0 Å². The van der Waals surface area contributed by atoms with Crippen LogP contribution >= 0.6 is 0 Å². The summed E-state index contributed by atoms with van der Waals surface area (Å²) in [7, 11) is 0. The molecule has 2 heterocycles. The number of rotatable bonds is 2. The molecule has 0 radical (unpaired) electrons. The molecule has 140 valence electrons. The number of aryl methyl sites for hydroxylation is 2. The smallest absolute Gasteiger partial charge is 0.256 e. The Kier molecular flexibility index (Phi) is 4.31. The van der Waals surface area contributed by atoms with E-state index in [0.29, 0.717) is 31.6 Å². The first kappa shape index (κ1) is 17.8. The second-order valence-corrected chi connectivity index (χ2v) is 7.67. The van der Waals surface area contributed by atoms with Crippen molar-refractivity contribution in [3.05, 3.63) is 64.4 Å². The van der Waals surface area contributed by atoms with E-state index >= 15 is 0 Å². The molecule has 4 rings (SSSR count). The van der Waals surface area contributed by atoms with Crippen LogP contribution in [0.4, 0.5) is 0 Å². The predicted molar refractivity (Wildman–Crippen MR) is 107 cm³/mol. The van der Waals surface area contributed by atoms with Gasteiger partial charge in [0.25, 0.3) is 5.91 Å². The van der Waals surface area contributed by atoms with Crippen molar-refractivity contribution >= 4 is 11.5 Å². The Morgan fingerprint density at radius 1 is 1.00 bits per heavy atom. The minimum atomic E-state index is -0.677. The van der Waals surface area contributed by atoms with E-state index in [1.54, 1.807) is 0 Å². The van der Waals surface area contributed by atoms with Crippen LogP contribution in [0.15, 0.2) is 42.2 Å². The normalized spacial score (nSPS) is 18.9. The summed E-state index contributed by atoms with van der Waals surface area (Å²) in [6, 6.07) is 12.5. The summed E-state index contributed by atoms with van der Waals surface area (Å²) in [5, 5.41) is 14.1. The van der Waals surface area contributed by atoms with Gasteiger partial charge in [-0.25, -0.2) is 0 Å². The van der Waals surface area contributed by atoms with Crippen molar-refractivity contribution in [1.29, 1.82) is 0 Å². The number of aliphatic hydroxyl groups excluding tert-OH is 1. The van der Waals surface area contributed by atoms with Gasteiger partial charge in [0.15, 0.2) is 0 Å². The molecular formula is C23H25NO3. The van der Waals surface area contributed by atoms with Crippen LogP contribution in [0.5, 0.6) is 0 Å². The molecule has 0 bridgehead atoms. The SMILES string of the molecule is Cc1ccc(-c2ccc(C)c(C3=C(O)C4(CCOCC4)NC3=O)c2C)cc1. The summed E-state index contributed by atoms with van der Waals surface area (Å²) in [6.07, 6.45) is 1.20. The van der Waals surface area contributed by atoms with E-state index in [4.69, 9.17) is 4.74 Å². The van der Waals surface area contributed by atoms with Crippen molar-refractivity contribution < 1.29 is 14.6 Å². The fraction of sp³-hybridized carbons (Fsp3) is 0.348. The Bertz CT molecular complexity index is 935. The lowest BCUT2D eigenvalue weighted by atomic mass is 9.85. The Balaban J connectivity index is 1.87. The van der Waals surface area contributed by atoms with Crippen LogP contribution in [0.1, 0.15) is 35.1 Å². The number of carbonyl (C=O) groups is 1. The number of nitrogens with one attached hydrogen (secondary N) is 1. The van der Waals surface area contributed by atoms with Gasteiger partial charge >= 0.3 is 0 Å². The van der Waals surface area contributed by atoms with Gasteiger partial charge in [-0.2, -0.15) is 0 Å². The van der Waals surface area contributed by atoms with E-state index in [0.717, 1.165) is 27.8 Å².